The summed E-state index contributed by atoms with van der Waals surface area (Å²) in [5, 5.41) is 2.70. The van der Waals surface area contributed by atoms with E-state index in [-0.39, 0.29) is 24.8 Å². The van der Waals surface area contributed by atoms with Gasteiger partial charge in [-0.2, -0.15) is 8.78 Å². The molecule has 23 heavy (non-hydrogen) atoms. The fraction of sp³-hybridized carbons (Fsp3) is 0.235. The molecule has 1 N–H and O–H groups in total. The Balaban J connectivity index is 1.77. The van der Waals surface area contributed by atoms with Crippen molar-refractivity contribution in [3.05, 3.63) is 59.7 Å². The minimum Gasteiger partial charge on any atom is -0.484 e. The molecule has 0 unspecified atom stereocenters. The molecular weight excluding hydrogens is 304 g/mol. The number of hydrogen-bond donors (Lipinski definition) is 1. The van der Waals surface area contributed by atoms with Gasteiger partial charge >= 0.3 is 6.61 Å². The Kier molecular flexibility index (Phi) is 5.91. The van der Waals surface area contributed by atoms with E-state index in [9.17, 15) is 13.6 Å². The van der Waals surface area contributed by atoms with Crippen molar-refractivity contribution in [2.75, 3.05) is 6.61 Å². The maximum absolute atomic E-state index is 12.0. The predicted molar refractivity (Wildman–Crippen MR) is 81.6 cm³/mol. The first-order valence-electron chi connectivity index (χ1n) is 7.03. The van der Waals surface area contributed by atoms with Gasteiger partial charge < -0.3 is 14.8 Å². The summed E-state index contributed by atoms with van der Waals surface area (Å²) in [6.45, 7) is -0.752. The van der Waals surface area contributed by atoms with Crippen molar-refractivity contribution in [1.29, 1.82) is 0 Å². The lowest BCUT2D eigenvalue weighted by Crippen LogP contribution is -2.28. The zero-order valence-corrected chi connectivity index (χ0v) is 12.6. The molecular formula is C17H17F2NO3. The molecule has 1 amide bonds. The number of hydrogen-bond acceptors (Lipinski definition) is 3. The third-order valence-corrected chi connectivity index (χ3v) is 3.09. The summed E-state index contributed by atoms with van der Waals surface area (Å²) in [4.78, 5) is 11.8. The van der Waals surface area contributed by atoms with Gasteiger partial charge in [0.25, 0.3) is 5.91 Å². The SMILES string of the molecule is Cc1ccccc1OCC(=O)NCc1ccc(OC(F)F)cc1. The lowest BCUT2D eigenvalue weighted by molar-refractivity contribution is -0.123. The van der Waals surface area contributed by atoms with E-state index in [1.165, 1.54) is 12.1 Å². The Labute approximate surface area is 133 Å². The predicted octanol–water partition coefficient (Wildman–Crippen LogP) is 3.29. The van der Waals surface area contributed by atoms with Crippen LogP contribution in [0.1, 0.15) is 11.1 Å². The van der Waals surface area contributed by atoms with Crippen LogP contribution in [0.4, 0.5) is 8.78 Å². The van der Waals surface area contributed by atoms with E-state index in [1.54, 1.807) is 18.2 Å². The van der Waals surface area contributed by atoms with Crippen LogP contribution in [-0.4, -0.2) is 19.1 Å². The summed E-state index contributed by atoms with van der Waals surface area (Å²) in [7, 11) is 0. The molecule has 0 fully saturated rings. The highest BCUT2D eigenvalue weighted by Gasteiger charge is 2.06. The first-order chi connectivity index (χ1) is 11.0. The number of halogens is 2. The Bertz CT molecular complexity index is 645. The minimum absolute atomic E-state index is 0.0814. The van der Waals surface area contributed by atoms with Gasteiger partial charge in [-0.05, 0) is 36.2 Å². The number of alkyl halides is 2. The van der Waals surface area contributed by atoms with Gasteiger partial charge in [0.2, 0.25) is 0 Å². The molecule has 6 heteroatoms. The number of rotatable bonds is 7. The lowest BCUT2D eigenvalue weighted by Gasteiger charge is -2.10. The molecule has 0 aliphatic heterocycles. The van der Waals surface area contributed by atoms with Crippen LogP contribution in [0.15, 0.2) is 48.5 Å². The molecule has 0 saturated heterocycles. The average molecular weight is 321 g/mol. The largest absolute Gasteiger partial charge is 0.484 e. The van der Waals surface area contributed by atoms with Crippen LogP contribution in [-0.2, 0) is 11.3 Å². The topological polar surface area (TPSA) is 47.6 Å². The van der Waals surface area contributed by atoms with Gasteiger partial charge in [-0.3, -0.25) is 4.79 Å². The molecule has 2 aromatic carbocycles. The van der Waals surface area contributed by atoms with E-state index < -0.39 is 6.61 Å². The van der Waals surface area contributed by atoms with E-state index in [4.69, 9.17) is 4.74 Å². The number of amides is 1. The molecule has 4 nitrogen and oxygen atoms in total. The maximum atomic E-state index is 12.0. The van der Waals surface area contributed by atoms with E-state index in [0.29, 0.717) is 5.75 Å². The molecule has 122 valence electrons. The van der Waals surface area contributed by atoms with Gasteiger partial charge in [-0.1, -0.05) is 30.3 Å². The van der Waals surface area contributed by atoms with E-state index >= 15 is 0 Å². The van der Waals surface area contributed by atoms with Gasteiger partial charge in [-0.25, -0.2) is 0 Å². The fourth-order valence-corrected chi connectivity index (χ4v) is 1.90. The maximum Gasteiger partial charge on any atom is 0.387 e. The van der Waals surface area contributed by atoms with Crippen LogP contribution in [0.25, 0.3) is 0 Å². The van der Waals surface area contributed by atoms with Crippen molar-refractivity contribution in [2.24, 2.45) is 0 Å². The molecule has 0 heterocycles. The minimum atomic E-state index is -2.85. The monoisotopic (exact) mass is 321 g/mol. The summed E-state index contributed by atoms with van der Waals surface area (Å²) >= 11 is 0. The van der Waals surface area contributed by atoms with Crippen LogP contribution >= 0.6 is 0 Å². The standard InChI is InChI=1S/C17H17F2NO3/c1-12-4-2-3-5-15(12)22-11-16(21)20-10-13-6-8-14(9-7-13)23-17(18)19/h2-9,17H,10-11H2,1H3,(H,20,21). The molecule has 0 aromatic heterocycles. The third kappa shape index (κ3) is 5.58. The van der Waals surface area contributed by atoms with Crippen molar-refractivity contribution < 1.29 is 23.0 Å². The van der Waals surface area contributed by atoms with Crippen LogP contribution < -0.4 is 14.8 Å². The number of para-hydroxylation sites is 1. The number of nitrogens with one attached hydrogen (secondary N) is 1. The quantitative estimate of drug-likeness (QED) is 0.851. The number of aryl methyl sites for hydroxylation is 1. The van der Waals surface area contributed by atoms with Gasteiger partial charge in [-0.15, -0.1) is 0 Å². The normalized spacial score (nSPS) is 10.4. The first-order valence-corrected chi connectivity index (χ1v) is 7.03. The zero-order valence-electron chi connectivity index (χ0n) is 12.6. The summed E-state index contributed by atoms with van der Waals surface area (Å²) in [6.07, 6.45) is 0. The molecule has 0 radical (unpaired) electrons. The van der Waals surface area contributed by atoms with Crippen molar-refractivity contribution in [3.63, 3.8) is 0 Å². The zero-order chi connectivity index (χ0) is 16.7. The number of carbonyl (C=O) groups is 1. The van der Waals surface area contributed by atoms with Gasteiger partial charge in [0.1, 0.15) is 11.5 Å². The molecule has 0 aliphatic carbocycles. The molecule has 2 rings (SSSR count). The highest BCUT2D eigenvalue weighted by atomic mass is 19.3. The van der Waals surface area contributed by atoms with Crippen molar-refractivity contribution in [3.8, 4) is 11.5 Å². The Morgan fingerprint density at radius 1 is 1.13 bits per heavy atom. The number of ether oxygens (including phenoxy) is 2. The van der Waals surface area contributed by atoms with Crippen molar-refractivity contribution in [1.82, 2.24) is 5.32 Å². The second-order valence-electron chi connectivity index (χ2n) is 4.85. The smallest absolute Gasteiger partial charge is 0.387 e. The van der Waals surface area contributed by atoms with Crippen LogP contribution in [0.3, 0.4) is 0 Å². The highest BCUT2D eigenvalue weighted by molar-refractivity contribution is 5.77. The third-order valence-electron chi connectivity index (χ3n) is 3.09. The lowest BCUT2D eigenvalue weighted by atomic mass is 10.2. The highest BCUT2D eigenvalue weighted by Crippen LogP contribution is 2.16. The number of benzene rings is 2. The second-order valence-corrected chi connectivity index (χ2v) is 4.85. The second kappa shape index (κ2) is 8.12. The molecule has 0 atom stereocenters. The summed E-state index contributed by atoms with van der Waals surface area (Å²) < 4.78 is 33.8. The van der Waals surface area contributed by atoms with E-state index in [1.807, 2.05) is 25.1 Å². The first kappa shape index (κ1) is 16.7. The van der Waals surface area contributed by atoms with Gasteiger partial charge in [0.15, 0.2) is 6.61 Å². The van der Waals surface area contributed by atoms with E-state index in [2.05, 4.69) is 10.1 Å². The van der Waals surface area contributed by atoms with Gasteiger partial charge in [0, 0.05) is 6.54 Å². The summed E-state index contributed by atoms with van der Waals surface area (Å²) in [6, 6.07) is 13.5. The van der Waals surface area contributed by atoms with Crippen molar-refractivity contribution >= 4 is 5.91 Å². The number of carbonyl (C=O) groups excluding carboxylic acids is 1. The molecule has 0 bridgehead atoms. The average Bonchev–Trinajstić information content (AvgIpc) is 2.53. The van der Waals surface area contributed by atoms with E-state index in [0.717, 1.165) is 11.1 Å². The van der Waals surface area contributed by atoms with Crippen LogP contribution in [0.5, 0.6) is 11.5 Å². The van der Waals surface area contributed by atoms with Crippen molar-refractivity contribution in [2.45, 2.75) is 20.1 Å². The van der Waals surface area contributed by atoms with Crippen LogP contribution in [0, 0.1) is 6.92 Å². The summed E-state index contributed by atoms with van der Waals surface area (Å²) in [5.74, 6) is 0.482. The summed E-state index contributed by atoms with van der Waals surface area (Å²) in [5.41, 5.74) is 1.73. The Morgan fingerprint density at radius 2 is 1.83 bits per heavy atom. The Morgan fingerprint density at radius 3 is 2.48 bits per heavy atom. The van der Waals surface area contributed by atoms with Crippen LogP contribution in [0.2, 0.25) is 0 Å². The molecule has 0 spiro atoms. The molecule has 0 aliphatic rings. The molecule has 0 saturated carbocycles. The Hall–Kier alpha value is -2.63. The van der Waals surface area contributed by atoms with Gasteiger partial charge in [0.05, 0.1) is 0 Å². The fourth-order valence-electron chi connectivity index (χ4n) is 1.90. The molecule has 2 aromatic rings.